The summed E-state index contributed by atoms with van der Waals surface area (Å²) < 4.78 is 18.6. The first-order valence-corrected chi connectivity index (χ1v) is 5.04. The molecule has 0 saturated carbocycles. The van der Waals surface area contributed by atoms with Crippen LogP contribution < -0.4 is 0 Å². The third-order valence-corrected chi connectivity index (χ3v) is 2.23. The monoisotopic (exact) mass is 280 g/mol. The third kappa shape index (κ3) is 3.38. The van der Waals surface area contributed by atoms with Gasteiger partial charge < -0.3 is 4.74 Å². The van der Waals surface area contributed by atoms with E-state index >= 15 is 0 Å². The summed E-state index contributed by atoms with van der Waals surface area (Å²) in [4.78, 5) is 0. The quantitative estimate of drug-likeness (QED) is 0.631. The number of benzene rings is 1. The van der Waals surface area contributed by atoms with Crippen molar-refractivity contribution >= 4 is 15.9 Å². The molecular formula is C11H6BrFN2O. The van der Waals surface area contributed by atoms with Crippen LogP contribution in [0.5, 0.6) is 0 Å². The average Bonchev–Trinajstić information content (AvgIpc) is 2.30. The molecule has 1 aromatic rings. The van der Waals surface area contributed by atoms with Crippen LogP contribution in [0.1, 0.15) is 5.56 Å². The van der Waals surface area contributed by atoms with Crippen LogP contribution in [0.15, 0.2) is 40.3 Å². The average molecular weight is 281 g/mol. The molecule has 0 radical (unpaired) electrons. The molecule has 0 amide bonds. The maximum atomic E-state index is 13.0. The molecule has 3 nitrogen and oxygen atoms in total. The Kier molecular flexibility index (Phi) is 4.50. The molecule has 0 aromatic heterocycles. The van der Waals surface area contributed by atoms with Crippen LogP contribution in [0.25, 0.3) is 0 Å². The number of nitriles is 2. The highest BCUT2D eigenvalue weighted by atomic mass is 79.9. The van der Waals surface area contributed by atoms with Gasteiger partial charge in [-0.3, -0.25) is 0 Å². The van der Waals surface area contributed by atoms with Crippen molar-refractivity contribution in [1.29, 1.82) is 10.5 Å². The zero-order valence-electron chi connectivity index (χ0n) is 8.08. The van der Waals surface area contributed by atoms with Gasteiger partial charge in [-0.15, -0.1) is 0 Å². The minimum absolute atomic E-state index is 0.0219. The predicted molar refractivity (Wildman–Crippen MR) is 58.3 cm³/mol. The van der Waals surface area contributed by atoms with Gasteiger partial charge in [0.1, 0.15) is 18.7 Å². The van der Waals surface area contributed by atoms with Crippen LogP contribution in [0, 0.1) is 22.7 Å². The molecule has 0 spiro atoms. The van der Waals surface area contributed by atoms with E-state index in [1.165, 1.54) is 12.1 Å². The number of hydrogen-bond acceptors (Lipinski definition) is 3. The lowest BCUT2D eigenvalue weighted by Crippen LogP contribution is -1.92. The minimum Gasteiger partial charge on any atom is -0.464 e. The zero-order valence-corrected chi connectivity index (χ0v) is 9.66. The Morgan fingerprint density at radius 2 is 1.81 bits per heavy atom. The van der Waals surface area contributed by atoms with E-state index in [1.807, 2.05) is 0 Å². The minimum atomic E-state index is -1.15. The number of rotatable bonds is 3. The second-order valence-electron chi connectivity index (χ2n) is 2.79. The summed E-state index contributed by atoms with van der Waals surface area (Å²) in [5.41, 5.74) is 0.0886. The van der Waals surface area contributed by atoms with Gasteiger partial charge in [-0.2, -0.15) is 14.9 Å². The number of nitrogens with zero attached hydrogens (tertiary/aromatic N) is 2. The maximum absolute atomic E-state index is 13.0. The van der Waals surface area contributed by atoms with Crippen LogP contribution in [0.2, 0.25) is 0 Å². The number of ether oxygens (including phenoxy) is 1. The Bertz CT molecular complexity index is 466. The van der Waals surface area contributed by atoms with Crippen molar-refractivity contribution in [3.63, 3.8) is 0 Å². The summed E-state index contributed by atoms with van der Waals surface area (Å²) in [5, 5.41) is 16.7. The molecule has 0 unspecified atom stereocenters. The van der Waals surface area contributed by atoms with E-state index in [0.29, 0.717) is 0 Å². The Labute approximate surface area is 100 Å². The van der Waals surface area contributed by atoms with E-state index in [2.05, 4.69) is 20.7 Å². The molecule has 1 aromatic carbocycles. The Hall–Kier alpha value is -1.85. The Morgan fingerprint density at radius 1 is 1.25 bits per heavy atom. The summed E-state index contributed by atoms with van der Waals surface area (Å²) >= 11 is 3.26. The molecule has 16 heavy (non-hydrogen) atoms. The van der Waals surface area contributed by atoms with E-state index in [1.54, 1.807) is 24.3 Å². The van der Waals surface area contributed by atoms with Gasteiger partial charge in [-0.25, -0.2) is 0 Å². The van der Waals surface area contributed by atoms with Crippen molar-refractivity contribution in [2.75, 3.05) is 0 Å². The molecule has 0 aliphatic carbocycles. The van der Waals surface area contributed by atoms with Gasteiger partial charge in [0.25, 0.3) is 0 Å². The number of allylic oxidation sites excluding steroid dienone is 1. The Balaban J connectivity index is 2.66. The van der Waals surface area contributed by atoms with Crippen molar-refractivity contribution in [2.24, 2.45) is 0 Å². The molecule has 1 rings (SSSR count). The Morgan fingerprint density at radius 3 is 2.31 bits per heavy atom. The SMILES string of the molecule is N#CC(C#N)=C(F)OCc1ccc(Br)cc1. The molecule has 0 heterocycles. The van der Waals surface area contributed by atoms with Crippen molar-refractivity contribution in [3.05, 3.63) is 45.9 Å². The van der Waals surface area contributed by atoms with Gasteiger partial charge in [0.2, 0.25) is 5.57 Å². The van der Waals surface area contributed by atoms with Crippen molar-refractivity contribution in [1.82, 2.24) is 0 Å². The molecule has 0 saturated heterocycles. The fraction of sp³-hybridized carbons (Fsp3) is 0.0909. The third-order valence-electron chi connectivity index (χ3n) is 1.70. The fourth-order valence-corrected chi connectivity index (χ4v) is 1.18. The first-order valence-electron chi connectivity index (χ1n) is 4.24. The number of hydrogen-bond donors (Lipinski definition) is 0. The molecule has 80 valence electrons. The van der Waals surface area contributed by atoms with Crippen molar-refractivity contribution in [3.8, 4) is 12.1 Å². The first-order chi connectivity index (χ1) is 7.67. The van der Waals surface area contributed by atoms with Gasteiger partial charge in [0.15, 0.2) is 0 Å². The maximum Gasteiger partial charge on any atom is 0.302 e. The highest BCUT2D eigenvalue weighted by molar-refractivity contribution is 9.10. The summed E-state index contributed by atoms with van der Waals surface area (Å²) in [6, 6.07) is 8.74. The highest BCUT2D eigenvalue weighted by Gasteiger charge is 2.06. The lowest BCUT2D eigenvalue weighted by Gasteiger charge is -2.03. The topological polar surface area (TPSA) is 56.8 Å². The van der Waals surface area contributed by atoms with Gasteiger partial charge >= 0.3 is 6.01 Å². The molecule has 0 atom stereocenters. The summed E-state index contributed by atoms with van der Waals surface area (Å²) in [6.45, 7) is -0.0219. The zero-order chi connectivity index (χ0) is 12.0. The standard InChI is InChI=1S/C11H6BrFN2O/c12-10-3-1-8(2-4-10)7-16-11(13)9(5-14)6-15/h1-4H,7H2. The van der Waals surface area contributed by atoms with E-state index in [-0.39, 0.29) is 6.61 Å². The van der Waals surface area contributed by atoms with Crippen LogP contribution in [-0.4, -0.2) is 0 Å². The van der Waals surface area contributed by atoms with Gasteiger partial charge in [-0.05, 0) is 17.7 Å². The van der Waals surface area contributed by atoms with Gasteiger partial charge in [0.05, 0.1) is 0 Å². The second-order valence-corrected chi connectivity index (χ2v) is 3.70. The lowest BCUT2D eigenvalue weighted by atomic mass is 10.2. The van der Waals surface area contributed by atoms with Crippen LogP contribution in [-0.2, 0) is 11.3 Å². The molecule has 0 fully saturated rings. The van der Waals surface area contributed by atoms with Crippen LogP contribution in [0.3, 0.4) is 0 Å². The van der Waals surface area contributed by atoms with E-state index in [9.17, 15) is 4.39 Å². The molecule has 0 bridgehead atoms. The molecular weight excluding hydrogens is 275 g/mol. The second kappa shape index (κ2) is 5.89. The molecule has 0 aliphatic rings. The fourth-order valence-electron chi connectivity index (χ4n) is 0.912. The van der Waals surface area contributed by atoms with Crippen LogP contribution >= 0.6 is 15.9 Å². The normalized spacial score (nSPS) is 8.75. The predicted octanol–water partition coefficient (Wildman–Crippen LogP) is 3.19. The first kappa shape index (κ1) is 12.2. The highest BCUT2D eigenvalue weighted by Crippen LogP contribution is 2.14. The summed E-state index contributed by atoms with van der Waals surface area (Å²) in [5.74, 6) is 0. The van der Waals surface area contributed by atoms with Crippen LogP contribution in [0.4, 0.5) is 4.39 Å². The van der Waals surface area contributed by atoms with E-state index in [0.717, 1.165) is 10.0 Å². The summed E-state index contributed by atoms with van der Waals surface area (Å²) in [7, 11) is 0. The number of halogens is 2. The van der Waals surface area contributed by atoms with Gasteiger partial charge in [0, 0.05) is 4.47 Å². The summed E-state index contributed by atoms with van der Waals surface area (Å²) in [6.07, 6.45) is 0. The molecule has 5 heteroatoms. The van der Waals surface area contributed by atoms with Crippen molar-refractivity contribution < 1.29 is 9.13 Å². The molecule has 0 N–H and O–H groups in total. The van der Waals surface area contributed by atoms with Gasteiger partial charge in [-0.1, -0.05) is 28.1 Å². The molecule has 0 aliphatic heterocycles. The van der Waals surface area contributed by atoms with Crippen molar-refractivity contribution in [2.45, 2.75) is 6.61 Å². The van der Waals surface area contributed by atoms with E-state index < -0.39 is 11.6 Å². The van der Waals surface area contributed by atoms with E-state index in [4.69, 9.17) is 10.5 Å². The lowest BCUT2D eigenvalue weighted by molar-refractivity contribution is 0.131. The smallest absolute Gasteiger partial charge is 0.302 e. The largest absolute Gasteiger partial charge is 0.464 e.